The predicted molar refractivity (Wildman–Crippen MR) is 114 cm³/mol. The van der Waals surface area contributed by atoms with Crippen LogP contribution in [0.4, 0.5) is 5.69 Å². The van der Waals surface area contributed by atoms with Crippen molar-refractivity contribution in [1.29, 1.82) is 5.26 Å². The Labute approximate surface area is 177 Å². The average Bonchev–Trinajstić information content (AvgIpc) is 3.04. The van der Waals surface area contributed by atoms with E-state index < -0.39 is 11.2 Å². The van der Waals surface area contributed by atoms with Crippen molar-refractivity contribution in [3.8, 4) is 6.07 Å². The number of hydrogen-bond donors (Lipinski definition) is 0. The Kier molecular flexibility index (Phi) is 5.80. The van der Waals surface area contributed by atoms with E-state index in [0.29, 0.717) is 5.69 Å². The van der Waals surface area contributed by atoms with E-state index in [1.54, 1.807) is 0 Å². The zero-order valence-electron chi connectivity index (χ0n) is 17.1. The highest BCUT2D eigenvalue weighted by atomic mass is 35.5. The fourth-order valence-electron chi connectivity index (χ4n) is 3.24. The first-order chi connectivity index (χ1) is 14.2. The molecule has 0 aliphatic carbocycles. The molecule has 0 aliphatic rings. The molecule has 10 heteroatoms. The molecule has 0 aliphatic heterocycles. The highest BCUT2D eigenvalue weighted by Gasteiger charge is 2.23. The first-order valence-corrected chi connectivity index (χ1v) is 9.61. The van der Waals surface area contributed by atoms with Crippen LogP contribution in [-0.2, 0) is 25.4 Å². The Hall–Kier alpha value is -3.38. The van der Waals surface area contributed by atoms with Crippen molar-refractivity contribution in [2.24, 2.45) is 14.1 Å². The third-order valence-electron chi connectivity index (χ3n) is 5.15. The molecule has 0 atom stereocenters. The molecule has 0 saturated carbocycles. The zero-order chi connectivity index (χ0) is 22.2. The summed E-state index contributed by atoms with van der Waals surface area (Å²) in [5.41, 5.74) is 1.80. The van der Waals surface area contributed by atoms with Crippen molar-refractivity contribution in [2.75, 3.05) is 11.4 Å². The molecule has 30 heavy (non-hydrogen) atoms. The predicted octanol–water partition coefficient (Wildman–Crippen LogP) is 1.65. The summed E-state index contributed by atoms with van der Waals surface area (Å²) in [5, 5.41) is 8.94. The van der Waals surface area contributed by atoms with E-state index in [2.05, 4.69) is 4.98 Å². The molecular weight excluding hydrogens is 408 g/mol. The van der Waals surface area contributed by atoms with Crippen molar-refractivity contribution >= 4 is 34.4 Å². The van der Waals surface area contributed by atoms with Crippen molar-refractivity contribution in [3.05, 3.63) is 55.4 Å². The van der Waals surface area contributed by atoms with E-state index in [4.69, 9.17) is 16.9 Å². The number of hydrogen-bond acceptors (Lipinski definition) is 5. The quantitative estimate of drug-likeness (QED) is 0.574. The third-order valence-corrected chi connectivity index (χ3v) is 5.43. The number of nitrogens with zero attached hydrogens (tertiary/aromatic N) is 6. The monoisotopic (exact) mass is 428 g/mol. The Morgan fingerprint density at radius 3 is 2.53 bits per heavy atom. The van der Waals surface area contributed by atoms with Gasteiger partial charge in [0.2, 0.25) is 11.2 Å². The number of imidazole rings is 1. The van der Waals surface area contributed by atoms with Gasteiger partial charge < -0.3 is 4.90 Å². The molecule has 1 aromatic carbocycles. The Morgan fingerprint density at radius 1 is 1.20 bits per heavy atom. The molecule has 0 unspecified atom stereocenters. The normalized spacial score (nSPS) is 10.9. The Balaban J connectivity index is 2.08. The molecule has 0 bridgehead atoms. The van der Waals surface area contributed by atoms with Gasteiger partial charge in [0.15, 0.2) is 11.2 Å². The van der Waals surface area contributed by atoms with Crippen LogP contribution in [-0.4, -0.2) is 31.1 Å². The fourth-order valence-corrected chi connectivity index (χ4v) is 3.46. The van der Waals surface area contributed by atoms with Crippen LogP contribution in [0, 0.1) is 25.2 Å². The lowest BCUT2D eigenvalue weighted by molar-refractivity contribution is -0.119. The minimum absolute atomic E-state index is 0.0678. The summed E-state index contributed by atoms with van der Waals surface area (Å²) in [7, 11) is 2.83. The van der Waals surface area contributed by atoms with E-state index >= 15 is 0 Å². The molecule has 0 N–H and O–H groups in total. The molecule has 2 aromatic heterocycles. The van der Waals surface area contributed by atoms with Crippen LogP contribution in [0.25, 0.3) is 11.2 Å². The molecule has 3 rings (SSSR count). The van der Waals surface area contributed by atoms with Crippen LogP contribution >= 0.6 is 11.6 Å². The summed E-state index contributed by atoms with van der Waals surface area (Å²) >= 11 is 6.23. The number of aromatic nitrogens is 4. The molecule has 0 saturated heterocycles. The standard InChI is InChI=1S/C20H21ClN6O3/c1-12-6-7-14(10-13(12)2)26(9-5-8-22)15(28)11-27-16-17(23-19(27)21)24(3)20(30)25(4)18(16)29/h6-7,10H,5,9,11H2,1-4H3. The summed E-state index contributed by atoms with van der Waals surface area (Å²) in [6.45, 7) is 3.84. The smallest absolute Gasteiger partial charge is 0.310 e. The minimum atomic E-state index is -0.588. The van der Waals surface area contributed by atoms with E-state index in [1.165, 1.54) is 28.1 Å². The molecule has 9 nitrogen and oxygen atoms in total. The first kappa shape index (κ1) is 21.3. The SMILES string of the molecule is Cc1ccc(N(CCC#N)C(=O)Cn2c(Cl)nc3c2c(=O)n(C)c(=O)n3C)cc1C. The lowest BCUT2D eigenvalue weighted by atomic mass is 10.1. The van der Waals surface area contributed by atoms with E-state index in [9.17, 15) is 14.4 Å². The second-order valence-electron chi connectivity index (χ2n) is 7.07. The summed E-state index contributed by atoms with van der Waals surface area (Å²) in [4.78, 5) is 43.6. The number of nitriles is 1. The highest BCUT2D eigenvalue weighted by Crippen LogP contribution is 2.21. The van der Waals surface area contributed by atoms with Crippen LogP contribution in [0.15, 0.2) is 27.8 Å². The second-order valence-corrected chi connectivity index (χ2v) is 7.41. The number of carbonyl (C=O) groups excluding carboxylic acids is 1. The molecule has 2 heterocycles. The number of amides is 1. The average molecular weight is 429 g/mol. The fraction of sp³-hybridized carbons (Fsp3) is 0.350. The van der Waals surface area contributed by atoms with E-state index in [-0.39, 0.29) is 41.9 Å². The number of halogens is 1. The van der Waals surface area contributed by atoms with Gasteiger partial charge in [-0.1, -0.05) is 6.07 Å². The van der Waals surface area contributed by atoms with Gasteiger partial charge in [0, 0.05) is 26.3 Å². The number of rotatable bonds is 5. The highest BCUT2D eigenvalue weighted by molar-refractivity contribution is 6.29. The van der Waals surface area contributed by atoms with Gasteiger partial charge in [-0.2, -0.15) is 10.2 Å². The van der Waals surface area contributed by atoms with Crippen LogP contribution in [0.5, 0.6) is 0 Å². The van der Waals surface area contributed by atoms with Gasteiger partial charge >= 0.3 is 5.69 Å². The summed E-state index contributed by atoms with van der Waals surface area (Å²) in [6.07, 6.45) is 0.146. The van der Waals surface area contributed by atoms with E-state index in [1.807, 2.05) is 38.1 Å². The number of fused-ring (bicyclic) bond motifs is 1. The lowest BCUT2D eigenvalue weighted by Gasteiger charge is -2.23. The molecule has 1 amide bonds. The van der Waals surface area contributed by atoms with Gasteiger partial charge in [-0.25, -0.2) is 4.79 Å². The molecule has 0 radical (unpaired) electrons. The maximum atomic E-state index is 13.2. The maximum Gasteiger partial charge on any atom is 0.332 e. The Bertz CT molecular complexity index is 1310. The molecular formula is C20H21ClN6O3. The molecule has 156 valence electrons. The first-order valence-electron chi connectivity index (χ1n) is 9.23. The van der Waals surface area contributed by atoms with Crippen LogP contribution in [0.1, 0.15) is 17.5 Å². The molecule has 0 spiro atoms. The number of benzene rings is 1. The van der Waals surface area contributed by atoms with Crippen molar-refractivity contribution in [1.82, 2.24) is 18.7 Å². The molecule has 3 aromatic rings. The summed E-state index contributed by atoms with van der Waals surface area (Å²) < 4.78 is 3.44. The van der Waals surface area contributed by atoms with Crippen molar-refractivity contribution < 1.29 is 4.79 Å². The number of carbonyl (C=O) groups is 1. The third kappa shape index (κ3) is 3.62. The molecule has 0 fully saturated rings. The van der Waals surface area contributed by atoms with Gasteiger partial charge in [0.05, 0.1) is 12.5 Å². The van der Waals surface area contributed by atoms with Crippen molar-refractivity contribution in [3.63, 3.8) is 0 Å². The second kappa shape index (κ2) is 8.16. The van der Waals surface area contributed by atoms with Crippen LogP contribution in [0.2, 0.25) is 5.28 Å². The van der Waals surface area contributed by atoms with E-state index in [0.717, 1.165) is 15.7 Å². The van der Waals surface area contributed by atoms with Crippen LogP contribution < -0.4 is 16.1 Å². The number of aryl methyl sites for hydroxylation is 3. The summed E-state index contributed by atoms with van der Waals surface area (Å²) in [6, 6.07) is 7.64. The van der Waals surface area contributed by atoms with Gasteiger partial charge in [0.1, 0.15) is 6.54 Å². The largest absolute Gasteiger partial charge is 0.332 e. The number of anilines is 1. The topological polar surface area (TPSA) is 106 Å². The maximum absolute atomic E-state index is 13.2. The minimum Gasteiger partial charge on any atom is -0.310 e. The van der Waals surface area contributed by atoms with Gasteiger partial charge in [-0.15, -0.1) is 0 Å². The summed E-state index contributed by atoms with van der Waals surface area (Å²) in [5.74, 6) is -0.356. The van der Waals surface area contributed by atoms with Gasteiger partial charge in [-0.3, -0.25) is 23.3 Å². The van der Waals surface area contributed by atoms with Crippen LogP contribution in [0.3, 0.4) is 0 Å². The lowest BCUT2D eigenvalue weighted by Crippen LogP contribution is -2.39. The Morgan fingerprint density at radius 2 is 1.90 bits per heavy atom. The zero-order valence-corrected chi connectivity index (χ0v) is 17.9. The van der Waals surface area contributed by atoms with Gasteiger partial charge in [-0.05, 0) is 48.7 Å². The van der Waals surface area contributed by atoms with Crippen molar-refractivity contribution in [2.45, 2.75) is 26.8 Å². The van der Waals surface area contributed by atoms with Gasteiger partial charge in [0.25, 0.3) is 5.56 Å².